The Hall–Kier alpha value is -3.62. The third-order valence-corrected chi connectivity index (χ3v) is 5.48. The zero-order valence-electron chi connectivity index (χ0n) is 16.9. The second-order valence-electron chi connectivity index (χ2n) is 7.64. The molecule has 1 fully saturated rings. The van der Waals surface area contributed by atoms with Gasteiger partial charge >= 0.3 is 0 Å². The van der Waals surface area contributed by atoms with E-state index in [1.54, 1.807) is 4.90 Å². The fourth-order valence-electron chi connectivity index (χ4n) is 3.89. The zero-order chi connectivity index (χ0) is 22.1. The van der Waals surface area contributed by atoms with Gasteiger partial charge in [-0.3, -0.25) is 24.3 Å². The van der Waals surface area contributed by atoms with Gasteiger partial charge in [0.2, 0.25) is 5.91 Å². The molecule has 1 saturated carbocycles. The molecule has 3 amide bonds. The molecule has 0 saturated heterocycles. The van der Waals surface area contributed by atoms with E-state index in [0.29, 0.717) is 41.8 Å². The van der Waals surface area contributed by atoms with Crippen LogP contribution in [0.25, 0.3) is 5.57 Å². The number of imide groups is 1. The van der Waals surface area contributed by atoms with Crippen molar-refractivity contribution in [3.8, 4) is 0 Å². The number of nitrogens with zero attached hydrogens (tertiary/aromatic N) is 4. The summed E-state index contributed by atoms with van der Waals surface area (Å²) in [5.41, 5.74) is 1.76. The van der Waals surface area contributed by atoms with Gasteiger partial charge in [-0.15, -0.1) is 0 Å². The summed E-state index contributed by atoms with van der Waals surface area (Å²) in [7, 11) is 0. The molecule has 1 N–H and O–H groups in total. The first-order chi connectivity index (χ1) is 14.9. The van der Waals surface area contributed by atoms with E-state index >= 15 is 0 Å². The van der Waals surface area contributed by atoms with Crippen LogP contribution in [0, 0.1) is 5.82 Å². The number of allylic oxidation sites excluding steroid dienone is 2. The highest BCUT2D eigenvalue weighted by Gasteiger charge is 2.48. The summed E-state index contributed by atoms with van der Waals surface area (Å²) in [4.78, 5) is 48.5. The second-order valence-corrected chi connectivity index (χ2v) is 7.64. The second kappa shape index (κ2) is 8.25. The maximum atomic E-state index is 14.5. The standard InChI is InChI=1S/C22H22FN5O3/c1-3-13(10-24-2)14-9-17(23)20(25-11-14)26-18(29)12-27-8-4-5-16-19(27)22(31)28(21(16)30)15-6-7-15/h3,9-11,15H,1-2,4-8,12H2,(H,25,26,29)/b13-10+. The van der Waals surface area contributed by atoms with Gasteiger partial charge < -0.3 is 10.2 Å². The van der Waals surface area contributed by atoms with Gasteiger partial charge in [0.05, 0.1) is 6.54 Å². The van der Waals surface area contributed by atoms with Crippen LogP contribution in [-0.4, -0.2) is 58.4 Å². The van der Waals surface area contributed by atoms with Crippen LogP contribution >= 0.6 is 0 Å². The van der Waals surface area contributed by atoms with Gasteiger partial charge in [0.15, 0.2) is 11.6 Å². The highest BCUT2D eigenvalue weighted by molar-refractivity contribution is 6.19. The number of anilines is 1. The van der Waals surface area contributed by atoms with Crippen molar-refractivity contribution < 1.29 is 18.8 Å². The number of hydrogen-bond donors (Lipinski definition) is 1. The number of hydrogen-bond acceptors (Lipinski definition) is 6. The van der Waals surface area contributed by atoms with Crippen LogP contribution in [0.1, 0.15) is 31.2 Å². The van der Waals surface area contributed by atoms with Gasteiger partial charge in [-0.1, -0.05) is 12.7 Å². The average molecular weight is 423 g/mol. The molecular formula is C22H22FN5O3. The molecule has 1 aromatic rings. The van der Waals surface area contributed by atoms with E-state index in [9.17, 15) is 18.8 Å². The lowest BCUT2D eigenvalue weighted by Gasteiger charge is -2.28. The van der Waals surface area contributed by atoms with Crippen LogP contribution in [0.4, 0.5) is 10.2 Å². The third kappa shape index (κ3) is 3.90. The Bertz CT molecular complexity index is 1060. The number of pyridine rings is 1. The minimum absolute atomic E-state index is 0.0242. The fraction of sp³-hybridized carbons (Fsp3) is 0.318. The molecule has 0 unspecified atom stereocenters. The molecule has 8 nitrogen and oxygen atoms in total. The molecule has 0 bridgehead atoms. The molecule has 0 spiro atoms. The lowest BCUT2D eigenvalue weighted by Crippen LogP contribution is -2.40. The number of carbonyl (C=O) groups excluding carboxylic acids is 3. The van der Waals surface area contributed by atoms with E-state index in [-0.39, 0.29) is 30.2 Å². The quantitative estimate of drug-likeness (QED) is 0.412. The van der Waals surface area contributed by atoms with Crippen LogP contribution in [-0.2, 0) is 14.4 Å². The third-order valence-electron chi connectivity index (χ3n) is 5.48. The first-order valence-electron chi connectivity index (χ1n) is 10.0. The smallest absolute Gasteiger partial charge is 0.277 e. The first-order valence-corrected chi connectivity index (χ1v) is 10.0. The van der Waals surface area contributed by atoms with Crippen molar-refractivity contribution in [2.75, 3.05) is 18.4 Å². The Balaban J connectivity index is 1.47. The van der Waals surface area contributed by atoms with Crippen LogP contribution < -0.4 is 5.32 Å². The maximum absolute atomic E-state index is 14.5. The summed E-state index contributed by atoms with van der Waals surface area (Å²) in [5.74, 6) is -2.03. The van der Waals surface area contributed by atoms with Crippen molar-refractivity contribution in [1.82, 2.24) is 14.8 Å². The Kier molecular flexibility index (Phi) is 5.50. The van der Waals surface area contributed by atoms with Gasteiger partial charge in [-0.25, -0.2) is 9.37 Å². The highest BCUT2D eigenvalue weighted by atomic mass is 19.1. The first kappa shape index (κ1) is 20.6. The average Bonchev–Trinajstić information content (AvgIpc) is 3.54. The van der Waals surface area contributed by atoms with E-state index < -0.39 is 11.7 Å². The monoisotopic (exact) mass is 423 g/mol. The molecule has 4 rings (SSSR count). The van der Waals surface area contributed by atoms with Crippen molar-refractivity contribution in [2.24, 2.45) is 4.99 Å². The summed E-state index contributed by atoms with van der Waals surface area (Å²) in [6, 6.07) is 1.19. The van der Waals surface area contributed by atoms with Crippen molar-refractivity contribution in [3.63, 3.8) is 0 Å². The minimum Gasteiger partial charge on any atom is -0.357 e. The molecule has 0 atom stereocenters. The predicted octanol–water partition coefficient (Wildman–Crippen LogP) is 2.27. The molecule has 160 valence electrons. The predicted molar refractivity (Wildman–Crippen MR) is 113 cm³/mol. The van der Waals surface area contributed by atoms with E-state index in [4.69, 9.17) is 0 Å². The molecule has 0 aromatic carbocycles. The van der Waals surface area contributed by atoms with E-state index in [1.807, 2.05) is 0 Å². The number of aromatic nitrogens is 1. The molecule has 1 aromatic heterocycles. The van der Waals surface area contributed by atoms with Gasteiger partial charge in [0, 0.05) is 41.7 Å². The van der Waals surface area contributed by atoms with Crippen molar-refractivity contribution >= 4 is 35.8 Å². The molecule has 9 heteroatoms. The minimum atomic E-state index is -0.715. The topological polar surface area (TPSA) is 95.0 Å². The number of rotatable bonds is 7. The van der Waals surface area contributed by atoms with Gasteiger partial charge in [-0.05, 0) is 38.5 Å². The number of carbonyl (C=O) groups is 3. The highest BCUT2D eigenvalue weighted by Crippen LogP contribution is 2.38. The van der Waals surface area contributed by atoms with E-state index in [1.165, 1.54) is 29.4 Å². The lowest BCUT2D eigenvalue weighted by molar-refractivity contribution is -0.138. The Morgan fingerprint density at radius 3 is 2.77 bits per heavy atom. The van der Waals surface area contributed by atoms with Crippen LogP contribution in [0.3, 0.4) is 0 Å². The van der Waals surface area contributed by atoms with E-state index in [0.717, 1.165) is 12.8 Å². The molecule has 3 heterocycles. The molecular weight excluding hydrogens is 401 g/mol. The van der Waals surface area contributed by atoms with E-state index in [2.05, 4.69) is 28.6 Å². The molecule has 2 aliphatic heterocycles. The van der Waals surface area contributed by atoms with Crippen LogP contribution in [0.2, 0.25) is 0 Å². The SMILES string of the molecule is C=C/C(=C\N=C)c1cnc(NC(=O)CN2CCCC3=C2C(=O)N(C2CC2)C3=O)c(F)c1. The fourth-order valence-corrected chi connectivity index (χ4v) is 3.89. The van der Waals surface area contributed by atoms with Crippen LogP contribution in [0.15, 0.2) is 47.4 Å². The zero-order valence-corrected chi connectivity index (χ0v) is 16.9. The molecule has 3 aliphatic rings. The number of amides is 3. The molecule has 31 heavy (non-hydrogen) atoms. The van der Waals surface area contributed by atoms with Crippen molar-refractivity contribution in [2.45, 2.75) is 31.7 Å². The van der Waals surface area contributed by atoms with Crippen molar-refractivity contribution in [3.05, 3.63) is 53.8 Å². The van der Waals surface area contributed by atoms with Gasteiger partial charge in [-0.2, -0.15) is 0 Å². The summed E-state index contributed by atoms with van der Waals surface area (Å²) in [6.45, 7) is 7.30. The Morgan fingerprint density at radius 1 is 1.35 bits per heavy atom. The van der Waals surface area contributed by atoms with Gasteiger partial charge in [0.1, 0.15) is 5.70 Å². The van der Waals surface area contributed by atoms with Crippen LogP contribution in [0.5, 0.6) is 0 Å². The summed E-state index contributed by atoms with van der Waals surface area (Å²) in [6.07, 6.45) is 7.16. The molecule has 0 radical (unpaired) electrons. The lowest BCUT2D eigenvalue weighted by atomic mass is 10.0. The Morgan fingerprint density at radius 2 is 2.13 bits per heavy atom. The normalized spacial score (nSPS) is 18.9. The maximum Gasteiger partial charge on any atom is 0.277 e. The summed E-state index contributed by atoms with van der Waals surface area (Å²) >= 11 is 0. The van der Waals surface area contributed by atoms with Gasteiger partial charge in [0.25, 0.3) is 11.8 Å². The number of halogens is 1. The number of aliphatic imine (C=N–C) groups is 1. The summed E-state index contributed by atoms with van der Waals surface area (Å²) in [5, 5.41) is 2.45. The Labute approximate surface area is 178 Å². The van der Waals surface area contributed by atoms with Crippen molar-refractivity contribution in [1.29, 1.82) is 0 Å². The number of nitrogens with one attached hydrogen (secondary N) is 1. The summed E-state index contributed by atoms with van der Waals surface area (Å²) < 4.78 is 14.5. The molecule has 1 aliphatic carbocycles. The largest absolute Gasteiger partial charge is 0.357 e.